The molecule has 146 valence electrons. The molecule has 28 heavy (non-hydrogen) atoms. The highest BCUT2D eigenvalue weighted by atomic mass is 32.1. The second-order valence-corrected chi connectivity index (χ2v) is 7.87. The van der Waals surface area contributed by atoms with Gasteiger partial charge in [-0.15, -0.1) is 11.3 Å². The van der Waals surface area contributed by atoms with Gasteiger partial charge in [0.05, 0.1) is 5.69 Å². The van der Waals surface area contributed by atoms with E-state index < -0.39 is 6.10 Å². The molecule has 0 spiro atoms. The number of carbonyl (C=O) groups is 1. The summed E-state index contributed by atoms with van der Waals surface area (Å²) in [5, 5.41) is 6.00. The Hall–Kier alpha value is -2.66. The zero-order valence-corrected chi connectivity index (χ0v) is 17.6. The fourth-order valence-electron chi connectivity index (χ4n) is 2.80. The smallest absolute Gasteiger partial charge is 0.260 e. The lowest BCUT2D eigenvalue weighted by Gasteiger charge is -2.17. The number of hydrogen-bond acceptors (Lipinski definition) is 4. The maximum atomic E-state index is 12.3. The van der Waals surface area contributed by atoms with Gasteiger partial charge in [0.1, 0.15) is 10.8 Å². The number of aromatic nitrogens is 1. The minimum atomic E-state index is -0.543. The van der Waals surface area contributed by atoms with Gasteiger partial charge in [0, 0.05) is 23.9 Å². The van der Waals surface area contributed by atoms with Crippen LogP contribution < -0.4 is 10.1 Å². The molecular formula is C23H26N2O2S. The zero-order valence-electron chi connectivity index (χ0n) is 16.8. The summed E-state index contributed by atoms with van der Waals surface area (Å²) >= 11 is 1.63. The molecule has 0 bridgehead atoms. The Labute approximate surface area is 170 Å². The Morgan fingerprint density at radius 2 is 1.89 bits per heavy atom. The molecule has 0 aliphatic heterocycles. The molecule has 1 atom stereocenters. The predicted octanol–water partition coefficient (Wildman–Crippen LogP) is 4.86. The van der Waals surface area contributed by atoms with Crippen LogP contribution >= 0.6 is 11.3 Å². The van der Waals surface area contributed by atoms with Crippen LogP contribution in [0.3, 0.4) is 0 Å². The topological polar surface area (TPSA) is 51.2 Å². The molecule has 2 aromatic carbocycles. The van der Waals surface area contributed by atoms with Crippen LogP contribution in [-0.4, -0.2) is 23.5 Å². The van der Waals surface area contributed by atoms with Crippen LogP contribution in [0.2, 0.25) is 0 Å². The van der Waals surface area contributed by atoms with Crippen molar-refractivity contribution in [2.24, 2.45) is 0 Å². The highest BCUT2D eigenvalue weighted by Crippen LogP contribution is 2.24. The molecule has 0 fully saturated rings. The molecule has 1 amide bonds. The molecule has 0 radical (unpaired) electrons. The van der Waals surface area contributed by atoms with Crippen molar-refractivity contribution in [2.75, 3.05) is 6.54 Å². The van der Waals surface area contributed by atoms with Gasteiger partial charge >= 0.3 is 0 Å². The van der Waals surface area contributed by atoms with E-state index in [9.17, 15) is 4.79 Å². The van der Waals surface area contributed by atoms with Crippen LogP contribution in [0.1, 0.15) is 29.3 Å². The van der Waals surface area contributed by atoms with Gasteiger partial charge in [-0.3, -0.25) is 4.79 Å². The van der Waals surface area contributed by atoms with E-state index in [1.54, 1.807) is 18.3 Å². The summed E-state index contributed by atoms with van der Waals surface area (Å²) in [7, 11) is 0. The van der Waals surface area contributed by atoms with Crippen molar-refractivity contribution in [1.82, 2.24) is 10.3 Å². The number of nitrogens with zero attached hydrogens (tertiary/aromatic N) is 1. The minimum Gasteiger partial charge on any atom is -0.481 e. The molecule has 0 saturated carbocycles. The third-order valence-electron chi connectivity index (χ3n) is 4.76. The summed E-state index contributed by atoms with van der Waals surface area (Å²) < 4.78 is 5.84. The van der Waals surface area contributed by atoms with E-state index in [0.717, 1.165) is 33.1 Å². The normalized spacial score (nSPS) is 11.9. The van der Waals surface area contributed by atoms with Crippen molar-refractivity contribution in [3.8, 4) is 16.3 Å². The Kier molecular flexibility index (Phi) is 6.47. The van der Waals surface area contributed by atoms with Gasteiger partial charge in [-0.05, 0) is 44.9 Å². The molecule has 0 aliphatic carbocycles. The third kappa shape index (κ3) is 4.98. The van der Waals surface area contributed by atoms with Crippen molar-refractivity contribution in [3.05, 3.63) is 70.2 Å². The maximum Gasteiger partial charge on any atom is 0.260 e. The van der Waals surface area contributed by atoms with E-state index in [1.807, 2.05) is 32.0 Å². The molecular weight excluding hydrogens is 368 g/mol. The van der Waals surface area contributed by atoms with Crippen molar-refractivity contribution >= 4 is 17.2 Å². The van der Waals surface area contributed by atoms with Crippen molar-refractivity contribution in [2.45, 2.75) is 40.2 Å². The van der Waals surface area contributed by atoms with Gasteiger partial charge in [0.25, 0.3) is 5.91 Å². The van der Waals surface area contributed by atoms with Gasteiger partial charge in [-0.2, -0.15) is 0 Å². The fraction of sp³-hybridized carbons (Fsp3) is 0.304. The predicted molar refractivity (Wildman–Crippen MR) is 115 cm³/mol. The van der Waals surface area contributed by atoms with Crippen molar-refractivity contribution in [3.63, 3.8) is 0 Å². The third-order valence-corrected chi connectivity index (χ3v) is 5.70. The largest absolute Gasteiger partial charge is 0.481 e. The highest BCUT2D eigenvalue weighted by molar-refractivity contribution is 7.13. The first-order chi connectivity index (χ1) is 13.4. The Balaban J connectivity index is 1.50. The van der Waals surface area contributed by atoms with Gasteiger partial charge in [0.2, 0.25) is 0 Å². The monoisotopic (exact) mass is 394 g/mol. The minimum absolute atomic E-state index is 0.116. The van der Waals surface area contributed by atoms with Crippen LogP contribution in [0, 0.1) is 20.8 Å². The van der Waals surface area contributed by atoms with Crippen LogP contribution in [0.5, 0.6) is 5.75 Å². The first-order valence-corrected chi connectivity index (χ1v) is 10.3. The zero-order chi connectivity index (χ0) is 20.1. The van der Waals surface area contributed by atoms with E-state index in [-0.39, 0.29) is 5.91 Å². The lowest BCUT2D eigenvalue weighted by atomic mass is 10.1. The number of carbonyl (C=O) groups excluding carboxylic acids is 1. The SMILES string of the molecule is Cc1ccc(-c2nc(CCNC(=O)[C@@H](C)Oc3cccc(C)c3C)cs2)cc1. The number of amides is 1. The summed E-state index contributed by atoms with van der Waals surface area (Å²) in [5.74, 6) is 0.639. The summed E-state index contributed by atoms with van der Waals surface area (Å²) in [4.78, 5) is 17.0. The molecule has 1 N–H and O–H groups in total. The number of thiazole rings is 1. The number of rotatable bonds is 7. The molecule has 0 saturated heterocycles. The quantitative estimate of drug-likeness (QED) is 0.622. The highest BCUT2D eigenvalue weighted by Gasteiger charge is 2.16. The van der Waals surface area contributed by atoms with E-state index in [1.165, 1.54) is 5.56 Å². The van der Waals surface area contributed by atoms with Crippen LogP contribution in [-0.2, 0) is 11.2 Å². The first kappa shape index (κ1) is 20.1. The molecule has 3 rings (SSSR count). The number of hydrogen-bond donors (Lipinski definition) is 1. The molecule has 1 aromatic heterocycles. The summed E-state index contributed by atoms with van der Waals surface area (Å²) in [6.45, 7) is 8.42. The Morgan fingerprint density at radius 3 is 2.64 bits per heavy atom. The van der Waals surface area contributed by atoms with Crippen molar-refractivity contribution < 1.29 is 9.53 Å². The lowest BCUT2D eigenvalue weighted by Crippen LogP contribution is -2.37. The Bertz CT molecular complexity index is 947. The van der Waals surface area contributed by atoms with Gasteiger partial charge in [-0.1, -0.05) is 42.0 Å². The fourth-order valence-corrected chi connectivity index (χ4v) is 3.66. The molecule has 0 unspecified atom stereocenters. The van der Waals surface area contributed by atoms with E-state index in [4.69, 9.17) is 4.74 Å². The van der Waals surface area contributed by atoms with E-state index in [2.05, 4.69) is 46.9 Å². The average Bonchev–Trinajstić information content (AvgIpc) is 3.14. The molecule has 5 heteroatoms. The second kappa shape index (κ2) is 9.02. The summed E-state index contributed by atoms with van der Waals surface area (Å²) in [6, 6.07) is 14.2. The number of aryl methyl sites for hydroxylation is 2. The molecule has 3 aromatic rings. The standard InChI is InChI=1S/C23H26N2O2S/c1-15-8-10-19(11-9-15)23-25-20(14-28-23)12-13-24-22(26)18(4)27-21-7-5-6-16(2)17(21)3/h5-11,14,18H,12-13H2,1-4H3,(H,24,26)/t18-/m1/s1. The molecule has 0 aliphatic rings. The average molecular weight is 395 g/mol. The van der Waals surface area contributed by atoms with Gasteiger partial charge in [0.15, 0.2) is 6.10 Å². The van der Waals surface area contributed by atoms with Gasteiger partial charge in [-0.25, -0.2) is 4.98 Å². The summed E-state index contributed by atoms with van der Waals surface area (Å²) in [6.07, 6.45) is 0.156. The second-order valence-electron chi connectivity index (χ2n) is 7.01. The Morgan fingerprint density at radius 1 is 1.14 bits per heavy atom. The van der Waals surface area contributed by atoms with Gasteiger partial charge < -0.3 is 10.1 Å². The van der Waals surface area contributed by atoms with Crippen LogP contribution in [0.4, 0.5) is 0 Å². The van der Waals surface area contributed by atoms with E-state index in [0.29, 0.717) is 13.0 Å². The molecule has 4 nitrogen and oxygen atoms in total. The number of nitrogens with one attached hydrogen (secondary N) is 1. The number of ether oxygens (including phenoxy) is 1. The first-order valence-electron chi connectivity index (χ1n) is 9.46. The van der Waals surface area contributed by atoms with Crippen LogP contribution in [0.25, 0.3) is 10.6 Å². The van der Waals surface area contributed by atoms with Crippen LogP contribution in [0.15, 0.2) is 47.8 Å². The summed E-state index contributed by atoms with van der Waals surface area (Å²) in [5.41, 5.74) is 5.57. The van der Waals surface area contributed by atoms with E-state index >= 15 is 0 Å². The number of benzene rings is 2. The molecule has 1 heterocycles. The lowest BCUT2D eigenvalue weighted by molar-refractivity contribution is -0.127. The maximum absolute atomic E-state index is 12.3. The van der Waals surface area contributed by atoms with Crippen molar-refractivity contribution in [1.29, 1.82) is 0 Å².